The largest absolute Gasteiger partial charge is 0.373 e. The van der Waals surface area contributed by atoms with Crippen LogP contribution in [0.3, 0.4) is 0 Å². The molecule has 3 rings (SSSR count). The third-order valence-corrected chi connectivity index (χ3v) is 4.54. The molecule has 0 aliphatic carbocycles. The molecule has 5 nitrogen and oxygen atoms in total. The van der Waals surface area contributed by atoms with Crippen LogP contribution in [0.1, 0.15) is 35.3 Å². The van der Waals surface area contributed by atoms with Crippen LogP contribution < -0.4 is 4.90 Å². The third-order valence-electron chi connectivity index (χ3n) is 4.54. The Hall–Kier alpha value is -2.43. The van der Waals surface area contributed by atoms with Crippen LogP contribution in [-0.2, 0) is 6.42 Å². The van der Waals surface area contributed by atoms with Gasteiger partial charge in [0.25, 0.3) is 5.91 Å². The molecule has 0 unspecified atom stereocenters. The Morgan fingerprint density at radius 3 is 2.54 bits per heavy atom. The Kier molecular flexibility index (Phi) is 5.41. The number of anilines is 1. The van der Waals surface area contributed by atoms with Crippen LogP contribution in [-0.4, -0.2) is 47.5 Å². The molecular weight excluding hydrogens is 300 g/mol. The number of piperidine rings is 1. The quantitative estimate of drug-likeness (QED) is 0.848. The van der Waals surface area contributed by atoms with Gasteiger partial charge in [-0.15, -0.1) is 0 Å². The fourth-order valence-electron chi connectivity index (χ4n) is 2.97. The maximum absolute atomic E-state index is 12.4. The molecule has 0 N–H and O–H groups in total. The highest BCUT2D eigenvalue weighted by Gasteiger charge is 2.19. The molecule has 1 aliphatic heterocycles. The van der Waals surface area contributed by atoms with Gasteiger partial charge in [0.2, 0.25) is 0 Å². The van der Waals surface area contributed by atoms with Gasteiger partial charge in [-0.05, 0) is 55.5 Å². The second kappa shape index (κ2) is 7.90. The number of rotatable bonds is 5. The second-order valence-electron chi connectivity index (χ2n) is 6.28. The molecule has 1 saturated heterocycles. The first kappa shape index (κ1) is 16.4. The average Bonchev–Trinajstić information content (AvgIpc) is 2.67. The van der Waals surface area contributed by atoms with Crippen molar-refractivity contribution in [2.24, 2.45) is 0 Å². The Balaban J connectivity index is 1.58. The van der Waals surface area contributed by atoms with E-state index in [1.54, 1.807) is 6.20 Å². The molecule has 24 heavy (non-hydrogen) atoms. The number of likely N-dealkylation sites (tertiary alicyclic amines) is 1. The maximum Gasteiger partial charge on any atom is 0.272 e. The zero-order chi connectivity index (χ0) is 16.8. The van der Waals surface area contributed by atoms with Crippen LogP contribution in [0.25, 0.3) is 0 Å². The van der Waals surface area contributed by atoms with E-state index < -0.39 is 0 Å². The molecule has 0 spiro atoms. The van der Waals surface area contributed by atoms with E-state index in [1.165, 1.54) is 12.0 Å². The molecule has 2 aromatic heterocycles. The van der Waals surface area contributed by atoms with Crippen molar-refractivity contribution in [2.75, 3.05) is 31.6 Å². The lowest BCUT2D eigenvalue weighted by atomic mass is 10.1. The van der Waals surface area contributed by atoms with E-state index in [9.17, 15) is 4.79 Å². The highest BCUT2D eigenvalue weighted by atomic mass is 16.2. The topological polar surface area (TPSA) is 49.3 Å². The summed E-state index contributed by atoms with van der Waals surface area (Å²) < 4.78 is 0. The number of pyridine rings is 2. The van der Waals surface area contributed by atoms with Crippen molar-refractivity contribution < 1.29 is 4.79 Å². The van der Waals surface area contributed by atoms with Crippen molar-refractivity contribution >= 4 is 11.6 Å². The van der Waals surface area contributed by atoms with E-state index in [0.29, 0.717) is 5.69 Å². The molecule has 0 atom stereocenters. The van der Waals surface area contributed by atoms with Crippen LogP contribution >= 0.6 is 0 Å². The number of aromatic nitrogens is 2. The summed E-state index contributed by atoms with van der Waals surface area (Å²) in [6.07, 6.45) is 9.80. The fourth-order valence-corrected chi connectivity index (χ4v) is 2.97. The molecule has 5 heteroatoms. The monoisotopic (exact) mass is 324 g/mol. The Morgan fingerprint density at radius 1 is 1.12 bits per heavy atom. The van der Waals surface area contributed by atoms with Crippen LogP contribution in [0.15, 0.2) is 42.9 Å². The molecule has 3 heterocycles. The van der Waals surface area contributed by atoms with E-state index in [2.05, 4.69) is 14.9 Å². The third kappa shape index (κ3) is 4.10. The van der Waals surface area contributed by atoms with Crippen LogP contribution in [0, 0.1) is 0 Å². The summed E-state index contributed by atoms with van der Waals surface area (Å²) in [6.45, 7) is 2.60. The molecular formula is C19H24N4O. The maximum atomic E-state index is 12.4. The smallest absolute Gasteiger partial charge is 0.272 e. The summed E-state index contributed by atoms with van der Waals surface area (Å²) in [5.41, 5.74) is 2.84. The number of hydrogen-bond donors (Lipinski definition) is 0. The normalized spacial score (nSPS) is 14.5. The number of carbonyl (C=O) groups excluding carboxylic acids is 1. The van der Waals surface area contributed by atoms with E-state index >= 15 is 0 Å². The predicted molar refractivity (Wildman–Crippen MR) is 95.2 cm³/mol. The van der Waals surface area contributed by atoms with Crippen LogP contribution in [0.2, 0.25) is 0 Å². The fraction of sp³-hybridized carbons (Fsp3) is 0.421. The van der Waals surface area contributed by atoms with E-state index in [-0.39, 0.29) is 5.91 Å². The van der Waals surface area contributed by atoms with Crippen LogP contribution in [0.4, 0.5) is 5.69 Å². The van der Waals surface area contributed by atoms with Crippen molar-refractivity contribution in [2.45, 2.75) is 25.7 Å². The number of amides is 1. The molecule has 126 valence electrons. The first-order valence-electron chi connectivity index (χ1n) is 8.59. The predicted octanol–water partition coefficient (Wildman–Crippen LogP) is 2.78. The molecule has 0 radical (unpaired) electrons. The van der Waals surface area contributed by atoms with Gasteiger partial charge in [0.1, 0.15) is 5.69 Å². The Morgan fingerprint density at radius 2 is 1.88 bits per heavy atom. The van der Waals surface area contributed by atoms with Gasteiger partial charge in [-0.25, -0.2) is 4.98 Å². The SMILES string of the molecule is CN(CCc1ccncc1)c1ccc(C(=O)N2CCCCC2)nc1. The van der Waals surface area contributed by atoms with Crippen LogP contribution in [0.5, 0.6) is 0 Å². The second-order valence-corrected chi connectivity index (χ2v) is 6.28. The lowest BCUT2D eigenvalue weighted by Gasteiger charge is -2.26. The minimum absolute atomic E-state index is 0.0562. The van der Waals surface area contributed by atoms with Crippen molar-refractivity contribution in [1.29, 1.82) is 0 Å². The molecule has 2 aromatic rings. The summed E-state index contributed by atoms with van der Waals surface area (Å²) in [5.74, 6) is 0.0562. The summed E-state index contributed by atoms with van der Waals surface area (Å²) in [4.78, 5) is 24.9. The van der Waals surface area contributed by atoms with Crippen molar-refractivity contribution in [3.63, 3.8) is 0 Å². The standard InChI is InChI=1S/C19H24N4O/c1-22(14-9-16-7-10-20-11-8-16)17-5-6-18(21-15-17)19(24)23-12-3-2-4-13-23/h5-8,10-11,15H,2-4,9,12-14H2,1H3. The molecule has 0 saturated carbocycles. The van der Waals surface area contributed by atoms with Gasteiger partial charge in [0.15, 0.2) is 0 Å². The van der Waals surface area contributed by atoms with Crippen molar-refractivity contribution in [3.8, 4) is 0 Å². The van der Waals surface area contributed by atoms with E-state index in [1.807, 2.05) is 48.6 Å². The highest BCUT2D eigenvalue weighted by Crippen LogP contribution is 2.15. The molecule has 1 amide bonds. The van der Waals surface area contributed by atoms with E-state index in [4.69, 9.17) is 0 Å². The average molecular weight is 324 g/mol. The number of likely N-dealkylation sites (N-methyl/N-ethyl adjacent to an activating group) is 1. The van der Waals surface area contributed by atoms with Crippen molar-refractivity contribution in [1.82, 2.24) is 14.9 Å². The van der Waals surface area contributed by atoms with Gasteiger partial charge >= 0.3 is 0 Å². The van der Waals surface area contributed by atoms with Gasteiger partial charge in [-0.3, -0.25) is 9.78 Å². The first-order valence-corrected chi connectivity index (χ1v) is 8.59. The lowest BCUT2D eigenvalue weighted by molar-refractivity contribution is 0.0718. The minimum Gasteiger partial charge on any atom is -0.373 e. The zero-order valence-corrected chi connectivity index (χ0v) is 14.2. The van der Waals surface area contributed by atoms with E-state index in [0.717, 1.165) is 44.6 Å². The molecule has 1 fully saturated rings. The zero-order valence-electron chi connectivity index (χ0n) is 14.2. The Bertz CT molecular complexity index is 651. The molecule has 0 aromatic carbocycles. The number of hydrogen-bond acceptors (Lipinski definition) is 4. The number of carbonyl (C=O) groups is 1. The minimum atomic E-state index is 0.0562. The van der Waals surface area contributed by atoms with Gasteiger partial charge in [-0.1, -0.05) is 0 Å². The Labute approximate surface area is 143 Å². The number of nitrogens with zero attached hydrogens (tertiary/aromatic N) is 4. The summed E-state index contributed by atoms with van der Waals surface area (Å²) in [5, 5.41) is 0. The van der Waals surface area contributed by atoms with Gasteiger partial charge in [0.05, 0.1) is 11.9 Å². The summed E-state index contributed by atoms with van der Waals surface area (Å²) >= 11 is 0. The molecule has 1 aliphatic rings. The van der Waals surface area contributed by atoms with Gasteiger partial charge in [-0.2, -0.15) is 0 Å². The molecule has 0 bridgehead atoms. The van der Waals surface area contributed by atoms with Crippen molar-refractivity contribution in [3.05, 3.63) is 54.1 Å². The highest BCUT2D eigenvalue weighted by molar-refractivity contribution is 5.92. The first-order chi connectivity index (χ1) is 11.7. The van der Waals surface area contributed by atoms with Gasteiger partial charge < -0.3 is 9.80 Å². The lowest BCUT2D eigenvalue weighted by Crippen LogP contribution is -2.36. The summed E-state index contributed by atoms with van der Waals surface area (Å²) in [7, 11) is 2.05. The summed E-state index contributed by atoms with van der Waals surface area (Å²) in [6, 6.07) is 7.89. The van der Waals surface area contributed by atoms with Gasteiger partial charge in [0, 0.05) is 39.1 Å².